The lowest BCUT2D eigenvalue weighted by Gasteiger charge is -2.04. The highest BCUT2D eigenvalue weighted by molar-refractivity contribution is 7.11. The number of aryl methyl sites for hydroxylation is 2. The molecule has 3 heteroatoms. The molecule has 0 bridgehead atoms. The number of rotatable bonds is 9. The smallest absolute Gasteiger partial charge is 0.0299 e. The van der Waals surface area contributed by atoms with Gasteiger partial charge in [-0.1, -0.05) is 19.4 Å². The Balaban J connectivity index is 1.62. The van der Waals surface area contributed by atoms with E-state index in [0.29, 0.717) is 5.92 Å². The molecule has 0 aromatic carbocycles. The third kappa shape index (κ3) is 5.98. The van der Waals surface area contributed by atoms with Gasteiger partial charge in [0, 0.05) is 22.1 Å². The van der Waals surface area contributed by atoms with Crippen LogP contribution in [0.2, 0.25) is 0 Å². The van der Waals surface area contributed by atoms with Crippen LogP contribution in [0.3, 0.4) is 0 Å². The van der Waals surface area contributed by atoms with E-state index in [1.807, 2.05) is 29.8 Å². The molecule has 2 aromatic rings. The Bertz CT molecular complexity index is 507. The summed E-state index contributed by atoms with van der Waals surface area (Å²) in [5, 5.41) is 0. The number of pyridine rings is 1. The number of hydrogen-bond donors (Lipinski definition) is 1. The van der Waals surface area contributed by atoms with E-state index >= 15 is 0 Å². The molecule has 2 N–H and O–H groups in total. The molecule has 0 aliphatic rings. The third-order valence-electron chi connectivity index (χ3n) is 3.78. The summed E-state index contributed by atoms with van der Waals surface area (Å²) in [6.45, 7) is 3.00. The van der Waals surface area contributed by atoms with E-state index in [1.165, 1.54) is 41.0 Å². The Morgan fingerprint density at radius 2 is 1.90 bits per heavy atom. The predicted octanol–water partition coefficient (Wildman–Crippen LogP) is 4.24. The summed E-state index contributed by atoms with van der Waals surface area (Å²) in [6.07, 6.45) is 11.1. The van der Waals surface area contributed by atoms with Crippen LogP contribution in [0.4, 0.5) is 0 Å². The van der Waals surface area contributed by atoms with Gasteiger partial charge in [0.1, 0.15) is 0 Å². The van der Waals surface area contributed by atoms with Gasteiger partial charge in [-0.25, -0.2) is 0 Å². The molecule has 0 amide bonds. The molecule has 1 unspecified atom stereocenters. The second-order valence-corrected chi connectivity index (χ2v) is 7.09. The van der Waals surface area contributed by atoms with Crippen LogP contribution in [0.5, 0.6) is 0 Å². The Hall–Kier alpha value is -1.19. The number of nitrogens with two attached hydrogens (primary N) is 1. The maximum Gasteiger partial charge on any atom is 0.0299 e. The molecule has 0 radical (unpaired) electrons. The summed E-state index contributed by atoms with van der Waals surface area (Å²) in [7, 11) is 0. The average molecular weight is 302 g/mol. The minimum Gasteiger partial charge on any atom is -0.330 e. The zero-order valence-corrected chi connectivity index (χ0v) is 13.7. The van der Waals surface area contributed by atoms with Crippen LogP contribution < -0.4 is 5.73 Å². The van der Waals surface area contributed by atoms with Gasteiger partial charge >= 0.3 is 0 Å². The fourth-order valence-corrected chi connectivity index (χ4v) is 3.67. The van der Waals surface area contributed by atoms with E-state index in [-0.39, 0.29) is 0 Å². The van der Waals surface area contributed by atoms with Crippen molar-refractivity contribution in [3.63, 3.8) is 0 Å². The van der Waals surface area contributed by atoms with Crippen molar-refractivity contribution in [3.05, 3.63) is 52.0 Å². The number of unbranched alkanes of at least 4 members (excludes halogenated alkanes) is 2. The molecule has 2 nitrogen and oxygen atoms in total. The van der Waals surface area contributed by atoms with Crippen LogP contribution in [0, 0.1) is 5.92 Å². The molecular formula is C18H26N2S. The number of hydrogen-bond acceptors (Lipinski definition) is 3. The first-order chi connectivity index (χ1) is 10.3. The van der Waals surface area contributed by atoms with Crippen LogP contribution in [0.15, 0.2) is 36.7 Å². The lowest BCUT2D eigenvalue weighted by Crippen LogP contribution is -2.12. The maximum absolute atomic E-state index is 5.69. The summed E-state index contributed by atoms with van der Waals surface area (Å²) in [6, 6.07) is 8.76. The van der Waals surface area contributed by atoms with Crippen LogP contribution >= 0.6 is 11.3 Å². The molecule has 0 fully saturated rings. The molecule has 114 valence electrons. The quantitative estimate of drug-likeness (QED) is 0.704. The number of aromatic nitrogens is 1. The monoisotopic (exact) mass is 302 g/mol. The van der Waals surface area contributed by atoms with E-state index in [9.17, 15) is 0 Å². The van der Waals surface area contributed by atoms with Crippen LogP contribution in [-0.2, 0) is 19.3 Å². The van der Waals surface area contributed by atoms with E-state index in [4.69, 9.17) is 5.73 Å². The highest BCUT2D eigenvalue weighted by atomic mass is 32.1. The van der Waals surface area contributed by atoms with Gasteiger partial charge in [-0.15, -0.1) is 11.3 Å². The van der Waals surface area contributed by atoms with E-state index in [1.54, 1.807) is 0 Å². The second-order valence-electron chi connectivity index (χ2n) is 5.83. The molecule has 1 atom stereocenters. The largest absolute Gasteiger partial charge is 0.330 e. The first-order valence-electron chi connectivity index (χ1n) is 7.94. The number of thiophene rings is 1. The highest BCUT2D eigenvalue weighted by Crippen LogP contribution is 2.21. The second kappa shape index (κ2) is 8.96. The van der Waals surface area contributed by atoms with Crippen LogP contribution in [0.25, 0.3) is 0 Å². The van der Waals surface area contributed by atoms with Crippen molar-refractivity contribution in [3.8, 4) is 0 Å². The average Bonchev–Trinajstić information content (AvgIpc) is 2.95. The predicted molar refractivity (Wildman–Crippen MR) is 91.7 cm³/mol. The van der Waals surface area contributed by atoms with Gasteiger partial charge in [-0.2, -0.15) is 0 Å². The summed E-state index contributed by atoms with van der Waals surface area (Å²) < 4.78 is 0. The molecule has 0 saturated carbocycles. The SMILES string of the molecule is CC(CN)Cc1ccc(CCCCCc2cccnc2)s1. The molecule has 0 spiro atoms. The fraction of sp³-hybridized carbons (Fsp3) is 0.500. The zero-order chi connectivity index (χ0) is 14.9. The summed E-state index contributed by atoms with van der Waals surface area (Å²) in [5.74, 6) is 0.594. The van der Waals surface area contributed by atoms with Crippen LogP contribution in [0.1, 0.15) is 41.5 Å². The normalized spacial score (nSPS) is 12.5. The first kappa shape index (κ1) is 16.2. The Kier molecular flexibility index (Phi) is 6.90. The van der Waals surface area contributed by atoms with Gasteiger partial charge in [0.15, 0.2) is 0 Å². The summed E-state index contributed by atoms with van der Waals surface area (Å²) >= 11 is 1.97. The molecule has 2 heterocycles. The van der Waals surface area contributed by atoms with Gasteiger partial charge in [-0.05, 0) is 68.3 Å². The number of nitrogens with zero attached hydrogens (tertiary/aromatic N) is 1. The Morgan fingerprint density at radius 3 is 2.67 bits per heavy atom. The topological polar surface area (TPSA) is 38.9 Å². The summed E-state index contributed by atoms with van der Waals surface area (Å²) in [5.41, 5.74) is 7.04. The van der Waals surface area contributed by atoms with Gasteiger partial charge in [0.2, 0.25) is 0 Å². The maximum atomic E-state index is 5.69. The van der Waals surface area contributed by atoms with Crippen molar-refractivity contribution < 1.29 is 0 Å². The van der Waals surface area contributed by atoms with Crippen LogP contribution in [-0.4, -0.2) is 11.5 Å². The van der Waals surface area contributed by atoms with Crippen molar-refractivity contribution >= 4 is 11.3 Å². The van der Waals surface area contributed by atoms with Gasteiger partial charge in [-0.3, -0.25) is 4.98 Å². The molecule has 0 saturated heterocycles. The standard InChI is InChI=1S/C18H26N2S/c1-15(13-19)12-18-10-9-17(21-18)8-4-2-3-6-16-7-5-11-20-14-16/h5,7,9-11,14-15H,2-4,6,8,12-13,19H2,1H3. The fourth-order valence-electron chi connectivity index (χ4n) is 2.44. The molecule has 2 aromatic heterocycles. The molecule has 0 aliphatic heterocycles. The molecule has 2 rings (SSSR count). The lowest BCUT2D eigenvalue weighted by molar-refractivity contribution is 0.598. The Labute approximate surface area is 132 Å². The van der Waals surface area contributed by atoms with Crippen molar-refractivity contribution in [2.24, 2.45) is 11.7 Å². The molecule has 0 aliphatic carbocycles. The van der Waals surface area contributed by atoms with Crippen molar-refractivity contribution in [2.45, 2.75) is 45.4 Å². The third-order valence-corrected chi connectivity index (χ3v) is 4.95. The minimum atomic E-state index is 0.594. The van der Waals surface area contributed by atoms with Crippen molar-refractivity contribution in [2.75, 3.05) is 6.54 Å². The summed E-state index contributed by atoms with van der Waals surface area (Å²) in [4.78, 5) is 7.17. The Morgan fingerprint density at radius 1 is 1.10 bits per heavy atom. The lowest BCUT2D eigenvalue weighted by atomic mass is 10.1. The van der Waals surface area contributed by atoms with Gasteiger partial charge < -0.3 is 5.73 Å². The minimum absolute atomic E-state index is 0.594. The van der Waals surface area contributed by atoms with Crippen molar-refractivity contribution in [1.29, 1.82) is 0 Å². The van der Waals surface area contributed by atoms with E-state index in [0.717, 1.165) is 19.4 Å². The van der Waals surface area contributed by atoms with Gasteiger partial charge in [0.05, 0.1) is 0 Å². The highest BCUT2D eigenvalue weighted by Gasteiger charge is 2.05. The van der Waals surface area contributed by atoms with Crippen molar-refractivity contribution in [1.82, 2.24) is 4.98 Å². The van der Waals surface area contributed by atoms with E-state index < -0.39 is 0 Å². The van der Waals surface area contributed by atoms with E-state index in [2.05, 4.69) is 30.1 Å². The molecule has 21 heavy (non-hydrogen) atoms. The molecular weight excluding hydrogens is 276 g/mol. The van der Waals surface area contributed by atoms with Gasteiger partial charge in [0.25, 0.3) is 0 Å². The zero-order valence-electron chi connectivity index (χ0n) is 12.9. The first-order valence-corrected chi connectivity index (χ1v) is 8.76.